The molecule has 0 aliphatic rings. The summed E-state index contributed by atoms with van der Waals surface area (Å²) in [6, 6.07) is 20.6. The molecule has 0 aliphatic heterocycles. The lowest BCUT2D eigenvalue weighted by Gasteiger charge is -2.23. The third-order valence-corrected chi connectivity index (χ3v) is 7.18. The molecule has 3 aromatic carbocycles. The Kier molecular flexibility index (Phi) is 7.73. The van der Waals surface area contributed by atoms with Crippen molar-refractivity contribution in [1.82, 2.24) is 9.88 Å². The number of carbonyl (C=O) groups is 2. The van der Waals surface area contributed by atoms with Gasteiger partial charge in [0.25, 0.3) is 0 Å². The summed E-state index contributed by atoms with van der Waals surface area (Å²) in [6.45, 7) is -0.333. The number of carbonyl (C=O) groups excluding carboxylic acids is 2. The first-order valence-corrected chi connectivity index (χ1v) is 13.7. The van der Waals surface area contributed by atoms with Gasteiger partial charge in [0.05, 0.1) is 41.6 Å². The van der Waals surface area contributed by atoms with Crippen LogP contribution in [0, 0.1) is 0 Å². The molecule has 2 N–H and O–H groups in total. The molecule has 4 aromatic rings. The predicted octanol–water partition coefficient (Wildman–Crippen LogP) is 3.68. The number of fused-ring (bicyclic) bond motifs is 1. The highest BCUT2D eigenvalue weighted by molar-refractivity contribution is 7.92. The molecule has 0 radical (unpaired) electrons. The van der Waals surface area contributed by atoms with E-state index in [0.717, 1.165) is 16.1 Å². The monoisotopic (exact) mass is 548 g/mol. The summed E-state index contributed by atoms with van der Waals surface area (Å²) in [6.07, 6.45) is 1.04. The van der Waals surface area contributed by atoms with Crippen molar-refractivity contribution >= 4 is 49.9 Å². The number of aliphatic imine (C=N–C) groups is 1. The number of hydrogen-bond acceptors (Lipinski definition) is 7. The lowest BCUT2D eigenvalue weighted by molar-refractivity contribution is -0.127. The predicted molar refractivity (Wildman–Crippen MR) is 150 cm³/mol. The summed E-state index contributed by atoms with van der Waals surface area (Å²) < 4.78 is 30.6. The number of nitrogens with one attached hydrogen (secondary N) is 1. The quantitative estimate of drug-likeness (QED) is 0.255. The molecule has 4 rings (SSSR count). The normalized spacial score (nSPS) is 11.8. The number of likely N-dealkylation sites (N-methyl/N-ethyl adjacent to an activating group) is 1. The van der Waals surface area contributed by atoms with Gasteiger partial charge in [0, 0.05) is 30.6 Å². The molecular weight excluding hydrogens is 520 g/mol. The zero-order chi connectivity index (χ0) is 28.3. The number of rotatable bonds is 8. The Morgan fingerprint density at radius 3 is 2.23 bits per heavy atom. The molecule has 0 bridgehead atoms. The van der Waals surface area contributed by atoms with Gasteiger partial charge >= 0.3 is 5.97 Å². The number of ether oxygens (including phenoxy) is 1. The summed E-state index contributed by atoms with van der Waals surface area (Å²) in [5.41, 5.74) is 3.28. The van der Waals surface area contributed by atoms with Gasteiger partial charge in [-0.25, -0.2) is 18.2 Å². The lowest BCUT2D eigenvalue weighted by atomic mass is 10.00. The highest BCUT2D eigenvalue weighted by Gasteiger charge is 2.23. The standard InChI is InChI=1S/C28H28N4O6S/c1-31(2)24(33)17-32(39(4,36)37)21-13-11-20(12-14-21)29-26(18-8-6-5-7-9-18)25-22-15-10-19(28(35)38-3)16-23(22)30-27(25)34/h5-16,30,34H,17H2,1-4H3. The van der Waals surface area contributed by atoms with Crippen molar-refractivity contribution in [3.8, 4) is 5.88 Å². The van der Waals surface area contributed by atoms with Gasteiger partial charge < -0.3 is 19.7 Å². The molecule has 1 amide bonds. The van der Waals surface area contributed by atoms with Gasteiger partial charge in [-0.2, -0.15) is 0 Å². The minimum atomic E-state index is -3.72. The molecule has 39 heavy (non-hydrogen) atoms. The number of aromatic nitrogens is 1. The van der Waals surface area contributed by atoms with Crippen LogP contribution in [0.25, 0.3) is 10.9 Å². The van der Waals surface area contributed by atoms with Crippen LogP contribution in [-0.2, 0) is 19.6 Å². The number of aromatic amines is 1. The number of amides is 1. The SMILES string of the molecule is COC(=O)c1ccc2c(C(=Nc3ccc(N(CC(=O)N(C)C)S(C)(=O)=O)cc3)c3ccccc3)c(O)[nH]c2c1. The minimum absolute atomic E-state index is 0.128. The molecular formula is C28H28N4O6S. The van der Waals surface area contributed by atoms with E-state index in [2.05, 4.69) is 4.98 Å². The first-order chi connectivity index (χ1) is 18.5. The summed E-state index contributed by atoms with van der Waals surface area (Å²) in [7, 11) is 0.689. The van der Waals surface area contributed by atoms with Crippen LogP contribution < -0.4 is 4.31 Å². The van der Waals surface area contributed by atoms with Crippen LogP contribution in [0.2, 0.25) is 0 Å². The number of hydrogen-bond donors (Lipinski definition) is 2. The second-order valence-corrected chi connectivity index (χ2v) is 10.9. The molecule has 0 saturated carbocycles. The van der Waals surface area contributed by atoms with Crippen LogP contribution in [-0.4, -0.2) is 75.0 Å². The average molecular weight is 549 g/mol. The van der Waals surface area contributed by atoms with Crippen molar-refractivity contribution in [2.45, 2.75) is 0 Å². The first-order valence-electron chi connectivity index (χ1n) is 11.8. The van der Waals surface area contributed by atoms with Gasteiger partial charge in [-0.05, 0) is 36.4 Å². The zero-order valence-electron chi connectivity index (χ0n) is 21.9. The fraction of sp³-hybridized carbons (Fsp3) is 0.179. The molecule has 1 heterocycles. The van der Waals surface area contributed by atoms with E-state index in [1.807, 2.05) is 30.3 Å². The maximum absolute atomic E-state index is 12.4. The third kappa shape index (κ3) is 5.93. The van der Waals surface area contributed by atoms with Crippen molar-refractivity contribution in [3.05, 3.63) is 89.5 Å². The van der Waals surface area contributed by atoms with Crippen molar-refractivity contribution in [1.29, 1.82) is 0 Å². The third-order valence-electron chi connectivity index (χ3n) is 6.04. The van der Waals surface area contributed by atoms with E-state index < -0.39 is 16.0 Å². The van der Waals surface area contributed by atoms with Gasteiger partial charge in [-0.15, -0.1) is 0 Å². The molecule has 0 saturated heterocycles. The van der Waals surface area contributed by atoms with Crippen LogP contribution in [0.3, 0.4) is 0 Å². The first kappa shape index (κ1) is 27.4. The van der Waals surface area contributed by atoms with E-state index >= 15 is 0 Å². The number of methoxy groups -OCH3 is 1. The van der Waals surface area contributed by atoms with Gasteiger partial charge in [0.15, 0.2) is 5.88 Å². The molecule has 0 atom stereocenters. The fourth-order valence-electron chi connectivity index (χ4n) is 4.02. The van der Waals surface area contributed by atoms with Crippen molar-refractivity contribution < 1.29 is 27.9 Å². The number of aromatic hydroxyl groups is 1. The zero-order valence-corrected chi connectivity index (χ0v) is 22.7. The number of H-pyrrole nitrogens is 1. The van der Waals surface area contributed by atoms with Crippen LogP contribution in [0.4, 0.5) is 11.4 Å². The number of benzene rings is 3. The smallest absolute Gasteiger partial charge is 0.337 e. The highest BCUT2D eigenvalue weighted by Crippen LogP contribution is 2.32. The summed E-state index contributed by atoms with van der Waals surface area (Å²) in [5.74, 6) is -0.990. The van der Waals surface area contributed by atoms with E-state index in [0.29, 0.717) is 39.1 Å². The van der Waals surface area contributed by atoms with E-state index in [9.17, 15) is 23.1 Å². The Hall–Kier alpha value is -4.64. The Balaban J connectivity index is 1.81. The summed E-state index contributed by atoms with van der Waals surface area (Å²) in [5, 5.41) is 11.5. The molecule has 11 heteroatoms. The minimum Gasteiger partial charge on any atom is -0.494 e. The number of nitrogens with zero attached hydrogens (tertiary/aromatic N) is 3. The Labute approximate surface area is 226 Å². The van der Waals surface area contributed by atoms with Crippen LogP contribution in [0.5, 0.6) is 5.88 Å². The number of anilines is 1. The Morgan fingerprint density at radius 2 is 1.64 bits per heavy atom. The summed E-state index contributed by atoms with van der Waals surface area (Å²) >= 11 is 0. The number of esters is 1. The second kappa shape index (κ2) is 11.0. The maximum Gasteiger partial charge on any atom is 0.337 e. The molecule has 1 aromatic heterocycles. The highest BCUT2D eigenvalue weighted by atomic mass is 32.2. The second-order valence-electron chi connectivity index (χ2n) is 9.00. The van der Waals surface area contributed by atoms with Gasteiger partial charge in [-0.3, -0.25) is 9.10 Å². The topological polar surface area (TPSA) is 132 Å². The Bertz CT molecular complexity index is 1660. The average Bonchev–Trinajstić information content (AvgIpc) is 3.24. The molecule has 0 aliphatic carbocycles. The molecule has 0 fully saturated rings. The van der Waals surface area contributed by atoms with Gasteiger partial charge in [0.2, 0.25) is 15.9 Å². The number of sulfonamides is 1. The van der Waals surface area contributed by atoms with E-state index in [1.54, 1.807) is 56.6 Å². The fourth-order valence-corrected chi connectivity index (χ4v) is 4.87. The van der Waals surface area contributed by atoms with Crippen LogP contribution in [0.15, 0.2) is 77.8 Å². The summed E-state index contributed by atoms with van der Waals surface area (Å²) in [4.78, 5) is 33.3. The molecule has 0 spiro atoms. The molecule has 10 nitrogen and oxygen atoms in total. The maximum atomic E-state index is 12.4. The molecule has 0 unspecified atom stereocenters. The van der Waals surface area contributed by atoms with Crippen molar-refractivity contribution in [3.63, 3.8) is 0 Å². The Morgan fingerprint density at radius 1 is 0.974 bits per heavy atom. The van der Waals surface area contributed by atoms with Gasteiger partial charge in [-0.1, -0.05) is 36.4 Å². The van der Waals surface area contributed by atoms with E-state index in [-0.39, 0.29) is 18.3 Å². The van der Waals surface area contributed by atoms with Crippen LogP contribution >= 0.6 is 0 Å². The molecule has 202 valence electrons. The van der Waals surface area contributed by atoms with Crippen molar-refractivity contribution in [2.75, 3.05) is 38.3 Å². The van der Waals surface area contributed by atoms with Crippen molar-refractivity contribution in [2.24, 2.45) is 4.99 Å². The lowest BCUT2D eigenvalue weighted by Crippen LogP contribution is -2.39. The largest absolute Gasteiger partial charge is 0.494 e. The van der Waals surface area contributed by atoms with Crippen LogP contribution in [0.1, 0.15) is 21.5 Å². The van der Waals surface area contributed by atoms with E-state index in [4.69, 9.17) is 9.73 Å². The van der Waals surface area contributed by atoms with E-state index in [1.165, 1.54) is 12.0 Å². The van der Waals surface area contributed by atoms with Gasteiger partial charge in [0.1, 0.15) is 6.54 Å².